The Morgan fingerprint density at radius 2 is 1.60 bits per heavy atom. The number of hydrogen-bond donors (Lipinski definition) is 1. The van der Waals surface area contributed by atoms with Gasteiger partial charge in [0, 0.05) is 24.6 Å². The third kappa shape index (κ3) is 5.17. The molecule has 2 aliphatic carbocycles. The van der Waals surface area contributed by atoms with E-state index in [0.29, 0.717) is 34.2 Å². The quantitative estimate of drug-likeness (QED) is 0.322. The molecule has 35 heavy (non-hydrogen) atoms. The number of benzene rings is 3. The number of rotatable bonds is 5. The molecule has 1 amide bonds. The number of amides is 1. The van der Waals surface area contributed by atoms with Gasteiger partial charge in [0.2, 0.25) is 5.91 Å². The van der Waals surface area contributed by atoms with Crippen LogP contribution in [-0.4, -0.2) is 30.2 Å². The molecule has 0 saturated carbocycles. The molecular formula is C27H25N3O4S. The van der Waals surface area contributed by atoms with E-state index >= 15 is 0 Å². The first kappa shape index (κ1) is 24.0. The number of anilines is 1. The number of nitrogens with zero attached hydrogens (tertiary/aromatic N) is 2. The lowest BCUT2D eigenvalue weighted by Crippen LogP contribution is -2.39. The molecule has 0 atom stereocenters. The van der Waals surface area contributed by atoms with Gasteiger partial charge in [-0.2, -0.15) is 0 Å². The predicted octanol–water partition coefficient (Wildman–Crippen LogP) is 5.62. The van der Waals surface area contributed by atoms with Crippen molar-refractivity contribution >= 4 is 39.8 Å². The SMILES string of the molecule is COc1cc2nccc(Oc3ccc(N(C(C)=O)C(N)=S)cc3C)c2cc1OC.c1cc2cc-2c1. The Hall–Kier alpha value is -4.17. The molecule has 0 spiro atoms. The summed E-state index contributed by atoms with van der Waals surface area (Å²) in [5, 5.41) is 0.772. The molecule has 0 radical (unpaired) electrons. The third-order valence-corrected chi connectivity index (χ3v) is 5.67. The molecule has 5 rings (SSSR count). The summed E-state index contributed by atoms with van der Waals surface area (Å²) in [5.74, 6) is 2.16. The molecule has 1 aromatic heterocycles. The van der Waals surface area contributed by atoms with E-state index in [0.717, 1.165) is 10.9 Å². The number of pyridine rings is 1. The van der Waals surface area contributed by atoms with Crippen LogP contribution in [0.2, 0.25) is 0 Å². The molecule has 0 unspecified atom stereocenters. The third-order valence-electron chi connectivity index (χ3n) is 5.49. The number of hydrogen-bond acceptors (Lipinski definition) is 6. The van der Waals surface area contributed by atoms with Crippen molar-refractivity contribution in [3.05, 3.63) is 72.4 Å². The summed E-state index contributed by atoms with van der Waals surface area (Å²) >= 11 is 4.98. The highest BCUT2D eigenvalue weighted by atomic mass is 32.1. The van der Waals surface area contributed by atoms with E-state index in [4.69, 9.17) is 32.2 Å². The van der Waals surface area contributed by atoms with Gasteiger partial charge in [-0.05, 0) is 72.2 Å². The van der Waals surface area contributed by atoms with Crippen LogP contribution < -0.4 is 24.8 Å². The van der Waals surface area contributed by atoms with Gasteiger partial charge in [0.1, 0.15) is 11.5 Å². The summed E-state index contributed by atoms with van der Waals surface area (Å²) < 4.78 is 16.9. The maximum absolute atomic E-state index is 11.8. The fourth-order valence-corrected chi connectivity index (χ4v) is 3.92. The molecule has 2 aromatic carbocycles. The molecule has 0 fully saturated rings. The number of methoxy groups -OCH3 is 2. The zero-order valence-electron chi connectivity index (χ0n) is 19.9. The van der Waals surface area contributed by atoms with E-state index in [1.165, 1.54) is 23.0 Å². The number of fused-ring (bicyclic) bond motifs is 2. The van der Waals surface area contributed by atoms with Crippen molar-refractivity contribution in [1.82, 2.24) is 4.98 Å². The van der Waals surface area contributed by atoms with E-state index < -0.39 is 0 Å². The smallest absolute Gasteiger partial charge is 0.230 e. The average molecular weight is 488 g/mol. The fraction of sp³-hybridized carbons (Fsp3) is 0.148. The minimum Gasteiger partial charge on any atom is -0.493 e. The largest absolute Gasteiger partial charge is 0.493 e. The summed E-state index contributed by atoms with van der Waals surface area (Å²) in [6, 6.07) is 19.2. The maximum Gasteiger partial charge on any atom is 0.230 e. The number of aromatic nitrogens is 1. The van der Waals surface area contributed by atoms with Crippen molar-refractivity contribution in [3.63, 3.8) is 0 Å². The Morgan fingerprint density at radius 3 is 2.11 bits per heavy atom. The van der Waals surface area contributed by atoms with Crippen molar-refractivity contribution in [1.29, 1.82) is 0 Å². The molecule has 0 bridgehead atoms. The minimum absolute atomic E-state index is 0.00765. The van der Waals surface area contributed by atoms with Crippen molar-refractivity contribution < 1.29 is 19.0 Å². The molecular weight excluding hydrogens is 462 g/mol. The topological polar surface area (TPSA) is 86.9 Å². The standard InChI is InChI=1S/C21H21N3O4S.C6H4/c1-12-9-14(24(13(2)25)21(22)29)5-6-17(12)28-18-7-8-23-16-11-20(27-4)19(26-3)10-15(16)18;1-2-5-4-6(5)3-1/h5-11H,1-4H3,(H2,22,29);1-4H. The maximum atomic E-state index is 11.8. The molecule has 3 aromatic rings. The normalized spacial score (nSPS) is 10.6. The second-order valence-electron chi connectivity index (χ2n) is 7.86. The van der Waals surface area contributed by atoms with Crippen molar-refractivity contribution in [2.45, 2.75) is 13.8 Å². The number of carbonyl (C=O) groups is 1. The fourth-order valence-electron chi connectivity index (χ4n) is 3.68. The molecule has 2 aliphatic rings. The molecule has 2 N–H and O–H groups in total. The predicted molar refractivity (Wildman–Crippen MR) is 141 cm³/mol. The number of carbonyl (C=O) groups excluding carboxylic acids is 1. The van der Waals surface area contributed by atoms with Crippen LogP contribution in [0, 0.1) is 6.92 Å². The van der Waals surface area contributed by atoms with Crippen LogP contribution in [-0.2, 0) is 4.79 Å². The molecule has 178 valence electrons. The molecule has 0 aliphatic heterocycles. The van der Waals surface area contributed by atoms with Gasteiger partial charge in [-0.1, -0.05) is 18.2 Å². The van der Waals surface area contributed by atoms with Gasteiger partial charge >= 0.3 is 0 Å². The Kier molecular flexibility index (Phi) is 6.84. The molecule has 8 heteroatoms. The van der Waals surface area contributed by atoms with E-state index in [1.54, 1.807) is 50.7 Å². The zero-order valence-corrected chi connectivity index (χ0v) is 20.7. The van der Waals surface area contributed by atoms with Crippen molar-refractivity contribution in [2.75, 3.05) is 19.1 Å². The lowest BCUT2D eigenvalue weighted by Gasteiger charge is -2.20. The summed E-state index contributed by atoms with van der Waals surface area (Å²) in [7, 11) is 3.15. The van der Waals surface area contributed by atoms with Crippen LogP contribution in [0.1, 0.15) is 12.5 Å². The molecule has 0 saturated heterocycles. The Balaban J connectivity index is 0.000000411. The first-order chi connectivity index (χ1) is 16.8. The van der Waals surface area contributed by atoms with E-state index in [9.17, 15) is 4.79 Å². The van der Waals surface area contributed by atoms with Crippen LogP contribution >= 0.6 is 12.2 Å². The van der Waals surface area contributed by atoms with Gasteiger partial charge in [0.05, 0.1) is 25.4 Å². The summed E-state index contributed by atoms with van der Waals surface area (Å²) in [6.45, 7) is 3.29. The first-order valence-electron chi connectivity index (χ1n) is 10.8. The van der Waals surface area contributed by atoms with Crippen LogP contribution in [0.5, 0.6) is 23.0 Å². The summed E-state index contributed by atoms with van der Waals surface area (Å²) in [4.78, 5) is 17.5. The van der Waals surface area contributed by atoms with Gasteiger partial charge in [-0.25, -0.2) is 0 Å². The van der Waals surface area contributed by atoms with Gasteiger partial charge in [0.15, 0.2) is 16.6 Å². The van der Waals surface area contributed by atoms with Gasteiger partial charge < -0.3 is 19.9 Å². The van der Waals surface area contributed by atoms with Gasteiger partial charge in [0.25, 0.3) is 0 Å². The number of aryl methyl sites for hydroxylation is 1. The van der Waals surface area contributed by atoms with Gasteiger partial charge in [-0.3, -0.25) is 14.7 Å². The summed E-state index contributed by atoms with van der Waals surface area (Å²) in [5.41, 5.74) is 10.6. The van der Waals surface area contributed by atoms with E-state index in [2.05, 4.69) is 29.2 Å². The highest BCUT2D eigenvalue weighted by molar-refractivity contribution is 7.80. The van der Waals surface area contributed by atoms with Crippen LogP contribution in [0.3, 0.4) is 0 Å². The van der Waals surface area contributed by atoms with Crippen molar-refractivity contribution in [2.24, 2.45) is 5.73 Å². The molecule has 7 nitrogen and oxygen atoms in total. The summed E-state index contributed by atoms with van der Waals surface area (Å²) in [6.07, 6.45) is 1.66. The Bertz CT molecular complexity index is 1410. The second-order valence-corrected chi connectivity index (χ2v) is 8.28. The first-order valence-corrected chi connectivity index (χ1v) is 11.2. The Morgan fingerprint density at radius 1 is 0.914 bits per heavy atom. The zero-order chi connectivity index (χ0) is 25.1. The van der Waals surface area contributed by atoms with E-state index in [1.807, 2.05) is 13.0 Å². The highest BCUT2D eigenvalue weighted by Crippen LogP contribution is 2.38. The van der Waals surface area contributed by atoms with Crippen molar-refractivity contribution in [3.8, 4) is 34.1 Å². The number of thiocarbonyl (C=S) groups is 1. The second kappa shape index (κ2) is 9.99. The Labute approximate surface area is 209 Å². The number of nitrogens with two attached hydrogens (primary N) is 1. The lowest BCUT2D eigenvalue weighted by molar-refractivity contribution is -0.115. The minimum atomic E-state index is -0.258. The average Bonchev–Trinajstić information content (AvgIpc) is 3.44. The number of ether oxygens (including phenoxy) is 3. The highest BCUT2D eigenvalue weighted by Gasteiger charge is 2.17. The molecule has 1 heterocycles. The van der Waals surface area contributed by atoms with Crippen LogP contribution in [0.4, 0.5) is 5.69 Å². The van der Waals surface area contributed by atoms with E-state index in [-0.39, 0.29) is 11.0 Å². The lowest BCUT2D eigenvalue weighted by atomic mass is 10.1. The monoisotopic (exact) mass is 487 g/mol. The van der Waals surface area contributed by atoms with Crippen LogP contribution in [0.25, 0.3) is 22.0 Å². The van der Waals surface area contributed by atoms with Gasteiger partial charge in [-0.15, -0.1) is 0 Å². The van der Waals surface area contributed by atoms with Crippen LogP contribution in [0.15, 0.2) is 66.9 Å².